The Morgan fingerprint density at radius 2 is 1.69 bits per heavy atom. The van der Waals surface area contributed by atoms with E-state index in [1.807, 2.05) is 6.92 Å². The number of hydrogen-bond acceptors (Lipinski definition) is 2. The molecule has 0 spiro atoms. The predicted molar refractivity (Wildman–Crippen MR) is 53.9 cm³/mol. The molecule has 0 heterocycles. The fraction of sp³-hybridized carbons (Fsp3) is 0.200. The lowest BCUT2D eigenvalue weighted by Crippen LogP contribution is -1.95. The van der Waals surface area contributed by atoms with Crippen molar-refractivity contribution in [2.24, 2.45) is 0 Å². The summed E-state index contributed by atoms with van der Waals surface area (Å²) in [4.78, 5) is 0.176. The van der Waals surface area contributed by atoms with Crippen molar-refractivity contribution in [1.82, 2.24) is 0 Å². The first-order chi connectivity index (χ1) is 5.56. The standard InChI is InChI=1S/C9H8O2S.CH4/c1-3-12(10,11)9-6-4-8(2)5-7-9;/h1,4-7H,2H3;1H4. The largest absolute Gasteiger partial charge is 0.244 e. The van der Waals surface area contributed by atoms with Gasteiger partial charge in [0.25, 0.3) is 0 Å². The van der Waals surface area contributed by atoms with Crippen molar-refractivity contribution in [2.75, 3.05) is 0 Å². The van der Waals surface area contributed by atoms with E-state index in [9.17, 15) is 8.42 Å². The lowest BCUT2D eigenvalue weighted by molar-refractivity contribution is 0.606. The van der Waals surface area contributed by atoms with Crippen molar-refractivity contribution in [2.45, 2.75) is 19.2 Å². The van der Waals surface area contributed by atoms with Crippen LogP contribution in [0.3, 0.4) is 0 Å². The fourth-order valence-electron chi connectivity index (χ4n) is 0.785. The normalized spacial score (nSPS) is 9.85. The van der Waals surface area contributed by atoms with Gasteiger partial charge in [0.15, 0.2) is 0 Å². The first-order valence-corrected chi connectivity index (χ1v) is 4.83. The van der Waals surface area contributed by atoms with Gasteiger partial charge in [-0.05, 0) is 19.1 Å². The van der Waals surface area contributed by atoms with Crippen LogP contribution in [0, 0.1) is 18.6 Å². The zero-order valence-corrected chi connectivity index (χ0v) is 7.43. The molecule has 0 aliphatic rings. The third-order valence-corrected chi connectivity index (χ3v) is 2.69. The van der Waals surface area contributed by atoms with Gasteiger partial charge in [0.1, 0.15) is 0 Å². The summed E-state index contributed by atoms with van der Waals surface area (Å²) in [5.41, 5.74) is 1.01. The molecule has 0 atom stereocenters. The summed E-state index contributed by atoms with van der Waals surface area (Å²) in [6, 6.07) is 6.43. The molecule has 0 N–H and O–H groups in total. The van der Waals surface area contributed by atoms with E-state index in [0.717, 1.165) is 5.56 Å². The Kier molecular flexibility index (Phi) is 3.70. The van der Waals surface area contributed by atoms with Crippen molar-refractivity contribution in [3.63, 3.8) is 0 Å². The van der Waals surface area contributed by atoms with Gasteiger partial charge in [0, 0.05) is 5.25 Å². The van der Waals surface area contributed by atoms with Crippen LogP contribution >= 0.6 is 0 Å². The van der Waals surface area contributed by atoms with Gasteiger partial charge in [-0.1, -0.05) is 25.1 Å². The van der Waals surface area contributed by atoms with E-state index in [2.05, 4.69) is 0 Å². The summed E-state index contributed by atoms with van der Waals surface area (Å²) in [5, 5.41) is 1.75. The molecule has 1 rings (SSSR count). The van der Waals surface area contributed by atoms with Crippen LogP contribution in [-0.4, -0.2) is 8.42 Å². The first-order valence-electron chi connectivity index (χ1n) is 3.35. The Bertz CT molecular complexity index is 407. The van der Waals surface area contributed by atoms with Crippen molar-refractivity contribution < 1.29 is 8.42 Å². The van der Waals surface area contributed by atoms with Gasteiger partial charge in [-0.15, -0.1) is 6.42 Å². The van der Waals surface area contributed by atoms with Crippen LogP contribution in [0.2, 0.25) is 0 Å². The minimum Gasteiger partial charge on any atom is -0.210 e. The molecule has 0 aliphatic carbocycles. The average molecular weight is 196 g/mol. The predicted octanol–water partition coefficient (Wildman–Crippen LogP) is 2.00. The monoisotopic (exact) mass is 196 g/mol. The van der Waals surface area contributed by atoms with Crippen LogP contribution in [0.4, 0.5) is 0 Å². The number of sulfone groups is 1. The number of hydrogen-bond donors (Lipinski definition) is 0. The van der Waals surface area contributed by atoms with Gasteiger partial charge >= 0.3 is 0 Å². The van der Waals surface area contributed by atoms with Gasteiger partial charge in [-0.2, -0.15) is 0 Å². The molecular formula is C10H12O2S. The van der Waals surface area contributed by atoms with E-state index in [4.69, 9.17) is 6.42 Å². The maximum absolute atomic E-state index is 11.1. The summed E-state index contributed by atoms with van der Waals surface area (Å²) in [7, 11) is -3.49. The lowest BCUT2D eigenvalue weighted by Gasteiger charge is -1.96. The molecule has 0 saturated carbocycles. The van der Waals surface area contributed by atoms with E-state index >= 15 is 0 Å². The van der Waals surface area contributed by atoms with Gasteiger partial charge in [-0.25, -0.2) is 8.42 Å². The van der Waals surface area contributed by atoms with Crippen LogP contribution in [-0.2, 0) is 9.84 Å². The molecule has 0 amide bonds. The van der Waals surface area contributed by atoms with Gasteiger partial charge in [0.05, 0.1) is 4.90 Å². The Hall–Kier alpha value is -1.27. The molecule has 0 bridgehead atoms. The molecule has 0 fully saturated rings. The third-order valence-electron chi connectivity index (χ3n) is 1.49. The quantitative estimate of drug-likeness (QED) is 0.508. The molecule has 0 unspecified atom stereocenters. The summed E-state index contributed by atoms with van der Waals surface area (Å²) in [6.45, 7) is 1.88. The van der Waals surface area contributed by atoms with Gasteiger partial charge < -0.3 is 0 Å². The van der Waals surface area contributed by atoms with Crippen LogP contribution in [0.15, 0.2) is 29.2 Å². The SMILES string of the molecule is C.C#CS(=O)(=O)c1ccc(C)cc1. The van der Waals surface area contributed by atoms with Gasteiger partial charge in [-0.3, -0.25) is 0 Å². The number of rotatable bonds is 1. The van der Waals surface area contributed by atoms with Crippen LogP contribution in [0.1, 0.15) is 13.0 Å². The molecule has 1 aromatic rings. The molecule has 70 valence electrons. The highest BCUT2D eigenvalue weighted by Crippen LogP contribution is 2.10. The zero-order chi connectivity index (χ0) is 9.19. The van der Waals surface area contributed by atoms with Crippen molar-refractivity contribution in [3.05, 3.63) is 29.8 Å². The van der Waals surface area contributed by atoms with E-state index < -0.39 is 9.84 Å². The molecule has 0 aliphatic heterocycles. The summed E-state index contributed by atoms with van der Waals surface area (Å²) < 4.78 is 22.2. The topological polar surface area (TPSA) is 34.1 Å². The second kappa shape index (κ2) is 4.11. The molecule has 0 saturated heterocycles. The Morgan fingerprint density at radius 1 is 1.23 bits per heavy atom. The summed E-state index contributed by atoms with van der Waals surface area (Å²) in [6.07, 6.45) is 4.84. The fourth-order valence-corrected chi connectivity index (χ4v) is 1.42. The van der Waals surface area contributed by atoms with E-state index in [1.54, 1.807) is 17.4 Å². The Balaban J connectivity index is 0.00000144. The highest BCUT2D eigenvalue weighted by atomic mass is 32.2. The Labute approximate surface area is 79.5 Å². The minimum absolute atomic E-state index is 0. The van der Waals surface area contributed by atoms with E-state index in [-0.39, 0.29) is 12.3 Å². The second-order valence-corrected chi connectivity index (χ2v) is 4.15. The van der Waals surface area contributed by atoms with Gasteiger partial charge in [0.2, 0.25) is 9.84 Å². The zero-order valence-electron chi connectivity index (χ0n) is 6.61. The maximum Gasteiger partial charge on any atom is 0.244 e. The summed E-state index contributed by atoms with van der Waals surface area (Å²) in [5.74, 6) is 0. The molecule has 0 radical (unpaired) electrons. The first kappa shape index (κ1) is 11.7. The number of benzene rings is 1. The molecular weight excluding hydrogens is 184 g/mol. The summed E-state index contributed by atoms with van der Waals surface area (Å²) >= 11 is 0. The van der Waals surface area contributed by atoms with Crippen molar-refractivity contribution in [3.8, 4) is 11.7 Å². The van der Waals surface area contributed by atoms with Crippen LogP contribution < -0.4 is 0 Å². The highest BCUT2D eigenvalue weighted by molar-refractivity contribution is 7.96. The van der Waals surface area contributed by atoms with Crippen molar-refractivity contribution >= 4 is 9.84 Å². The Morgan fingerprint density at radius 3 is 2.08 bits per heavy atom. The van der Waals surface area contributed by atoms with Crippen LogP contribution in [0.5, 0.6) is 0 Å². The molecule has 2 nitrogen and oxygen atoms in total. The molecule has 3 heteroatoms. The molecule has 13 heavy (non-hydrogen) atoms. The highest BCUT2D eigenvalue weighted by Gasteiger charge is 2.08. The molecule has 0 aromatic heterocycles. The average Bonchev–Trinajstić information content (AvgIpc) is 2.05. The number of aryl methyl sites for hydroxylation is 1. The number of terminal acetylenes is 1. The molecule has 1 aromatic carbocycles. The second-order valence-electron chi connectivity index (χ2n) is 2.43. The van der Waals surface area contributed by atoms with Crippen LogP contribution in [0.25, 0.3) is 0 Å². The van der Waals surface area contributed by atoms with E-state index in [0.29, 0.717) is 0 Å². The minimum atomic E-state index is -3.49. The van der Waals surface area contributed by atoms with E-state index in [1.165, 1.54) is 12.1 Å². The third kappa shape index (κ3) is 2.60. The smallest absolute Gasteiger partial charge is 0.210 e. The van der Waals surface area contributed by atoms with Crippen molar-refractivity contribution in [1.29, 1.82) is 0 Å². The maximum atomic E-state index is 11.1. The lowest BCUT2D eigenvalue weighted by atomic mass is 10.2.